The summed E-state index contributed by atoms with van der Waals surface area (Å²) < 4.78 is 12.6. The van der Waals surface area contributed by atoms with Gasteiger partial charge in [0.25, 0.3) is 0 Å². The van der Waals surface area contributed by atoms with Gasteiger partial charge in [0.05, 0.1) is 0 Å². The van der Waals surface area contributed by atoms with Crippen LogP contribution in [0.25, 0.3) is 6.08 Å². The highest BCUT2D eigenvalue weighted by Crippen LogP contribution is 2.08. The second-order valence-electron chi connectivity index (χ2n) is 3.37. The Morgan fingerprint density at radius 1 is 1.40 bits per heavy atom. The lowest BCUT2D eigenvalue weighted by molar-refractivity contribution is 0.627. The van der Waals surface area contributed by atoms with E-state index in [1.165, 1.54) is 12.1 Å². The standard InChI is InChI=1S/C12H14FNO/c1-2-3-12(14-15)9-6-10-4-7-11(13)8-5-10/h4-9,12H,2-3H2,1H3. The van der Waals surface area contributed by atoms with Crippen molar-refractivity contribution in [2.75, 3.05) is 0 Å². The van der Waals surface area contributed by atoms with E-state index in [9.17, 15) is 9.30 Å². The smallest absolute Gasteiger partial charge is 0.123 e. The molecular formula is C12H14FNO. The van der Waals surface area contributed by atoms with Crippen molar-refractivity contribution in [2.45, 2.75) is 25.8 Å². The Labute approximate surface area is 88.8 Å². The second kappa shape index (κ2) is 6.06. The highest BCUT2D eigenvalue weighted by molar-refractivity contribution is 5.49. The van der Waals surface area contributed by atoms with E-state index in [1.807, 2.05) is 6.92 Å². The normalized spacial score (nSPS) is 12.9. The molecule has 0 bridgehead atoms. The highest BCUT2D eigenvalue weighted by Gasteiger charge is 2.01. The van der Waals surface area contributed by atoms with Crippen molar-refractivity contribution >= 4 is 6.08 Å². The Kier molecular flexibility index (Phi) is 4.68. The van der Waals surface area contributed by atoms with Crippen LogP contribution >= 0.6 is 0 Å². The lowest BCUT2D eigenvalue weighted by Crippen LogP contribution is -1.96. The van der Waals surface area contributed by atoms with Crippen molar-refractivity contribution in [1.29, 1.82) is 0 Å². The van der Waals surface area contributed by atoms with Gasteiger partial charge in [-0.1, -0.05) is 42.8 Å². The Hall–Kier alpha value is -1.51. The van der Waals surface area contributed by atoms with E-state index in [1.54, 1.807) is 24.3 Å². The van der Waals surface area contributed by atoms with Gasteiger partial charge in [-0.2, -0.15) is 4.91 Å². The van der Waals surface area contributed by atoms with Crippen molar-refractivity contribution < 1.29 is 4.39 Å². The van der Waals surface area contributed by atoms with E-state index in [-0.39, 0.29) is 11.9 Å². The second-order valence-corrected chi connectivity index (χ2v) is 3.37. The van der Waals surface area contributed by atoms with E-state index >= 15 is 0 Å². The van der Waals surface area contributed by atoms with E-state index in [0.717, 1.165) is 18.4 Å². The van der Waals surface area contributed by atoms with Gasteiger partial charge in [-0.3, -0.25) is 0 Å². The molecule has 15 heavy (non-hydrogen) atoms. The molecule has 1 aromatic carbocycles. The predicted molar refractivity (Wildman–Crippen MR) is 59.9 cm³/mol. The molecule has 1 aromatic rings. The highest BCUT2D eigenvalue weighted by atomic mass is 19.1. The zero-order valence-corrected chi connectivity index (χ0v) is 8.69. The molecule has 1 unspecified atom stereocenters. The quantitative estimate of drug-likeness (QED) is 0.676. The summed E-state index contributed by atoms with van der Waals surface area (Å²) in [6, 6.07) is 5.84. The van der Waals surface area contributed by atoms with Crippen molar-refractivity contribution in [3.8, 4) is 0 Å². The van der Waals surface area contributed by atoms with Crippen LogP contribution in [0, 0.1) is 10.7 Å². The molecule has 0 heterocycles. The summed E-state index contributed by atoms with van der Waals surface area (Å²) in [5.41, 5.74) is 0.876. The third-order valence-corrected chi connectivity index (χ3v) is 2.10. The first-order valence-electron chi connectivity index (χ1n) is 5.02. The summed E-state index contributed by atoms with van der Waals surface area (Å²) in [5, 5.41) is 3.00. The van der Waals surface area contributed by atoms with Gasteiger partial charge in [0, 0.05) is 0 Å². The minimum absolute atomic E-state index is 0.259. The van der Waals surface area contributed by atoms with E-state index in [0.29, 0.717) is 0 Å². The van der Waals surface area contributed by atoms with Crippen LogP contribution in [-0.2, 0) is 0 Å². The average molecular weight is 207 g/mol. The van der Waals surface area contributed by atoms with Crippen LogP contribution in [0.2, 0.25) is 0 Å². The number of benzene rings is 1. The first-order chi connectivity index (χ1) is 7.26. The molecule has 0 aliphatic rings. The molecule has 0 aromatic heterocycles. The molecule has 3 heteroatoms. The molecule has 0 aliphatic heterocycles. The van der Waals surface area contributed by atoms with Gasteiger partial charge < -0.3 is 0 Å². The molecule has 2 nitrogen and oxygen atoms in total. The zero-order chi connectivity index (χ0) is 11.1. The molecule has 0 amide bonds. The molecule has 0 fully saturated rings. The monoisotopic (exact) mass is 207 g/mol. The van der Waals surface area contributed by atoms with Crippen molar-refractivity contribution in [1.82, 2.24) is 0 Å². The van der Waals surface area contributed by atoms with E-state index < -0.39 is 0 Å². The van der Waals surface area contributed by atoms with Gasteiger partial charge in [0.15, 0.2) is 0 Å². The minimum atomic E-state index is -0.278. The average Bonchev–Trinajstić information content (AvgIpc) is 2.26. The molecule has 0 N–H and O–H groups in total. The van der Waals surface area contributed by atoms with Gasteiger partial charge in [0.1, 0.15) is 11.9 Å². The number of rotatable bonds is 5. The van der Waals surface area contributed by atoms with Crippen molar-refractivity contribution in [3.05, 3.63) is 46.6 Å². The van der Waals surface area contributed by atoms with Crippen LogP contribution in [0.15, 0.2) is 35.5 Å². The predicted octanol–water partition coefficient (Wildman–Crippen LogP) is 3.77. The fraction of sp³-hybridized carbons (Fsp3) is 0.333. The van der Waals surface area contributed by atoms with Crippen LogP contribution in [0.3, 0.4) is 0 Å². The number of hydrogen-bond acceptors (Lipinski definition) is 2. The molecule has 0 spiro atoms. The fourth-order valence-electron chi connectivity index (χ4n) is 1.28. The number of nitrogens with zero attached hydrogens (tertiary/aromatic N) is 1. The summed E-state index contributed by atoms with van der Waals surface area (Å²) in [7, 11) is 0. The van der Waals surface area contributed by atoms with Gasteiger partial charge in [0.2, 0.25) is 0 Å². The number of hydrogen-bond donors (Lipinski definition) is 0. The maximum absolute atomic E-state index is 12.6. The molecule has 80 valence electrons. The van der Waals surface area contributed by atoms with Crippen LogP contribution in [-0.4, -0.2) is 6.04 Å². The molecule has 0 saturated heterocycles. The first kappa shape index (κ1) is 11.6. The topological polar surface area (TPSA) is 29.4 Å². The summed E-state index contributed by atoms with van der Waals surface area (Å²) in [6.07, 6.45) is 5.22. The number of nitroso groups, excluding NO2 is 1. The van der Waals surface area contributed by atoms with Crippen molar-refractivity contribution in [2.24, 2.45) is 5.18 Å². The Bertz CT molecular complexity index is 332. The Balaban J connectivity index is 2.63. The zero-order valence-electron chi connectivity index (χ0n) is 8.69. The first-order valence-corrected chi connectivity index (χ1v) is 5.02. The van der Waals surface area contributed by atoms with Gasteiger partial charge in [-0.05, 0) is 24.1 Å². The fourth-order valence-corrected chi connectivity index (χ4v) is 1.28. The van der Waals surface area contributed by atoms with Crippen LogP contribution < -0.4 is 0 Å². The third-order valence-electron chi connectivity index (χ3n) is 2.10. The molecule has 0 radical (unpaired) electrons. The number of halogens is 1. The third kappa shape index (κ3) is 4.02. The maximum Gasteiger partial charge on any atom is 0.123 e. The van der Waals surface area contributed by atoms with Crippen LogP contribution in [0.4, 0.5) is 4.39 Å². The minimum Gasteiger partial charge on any atom is -0.207 e. The van der Waals surface area contributed by atoms with E-state index in [4.69, 9.17) is 0 Å². The molecule has 1 rings (SSSR count). The van der Waals surface area contributed by atoms with Gasteiger partial charge >= 0.3 is 0 Å². The molecular weight excluding hydrogens is 193 g/mol. The van der Waals surface area contributed by atoms with E-state index in [2.05, 4.69) is 5.18 Å². The summed E-state index contributed by atoms with van der Waals surface area (Å²) in [4.78, 5) is 10.4. The van der Waals surface area contributed by atoms with Gasteiger partial charge in [-0.25, -0.2) is 4.39 Å². The molecule has 0 saturated carbocycles. The van der Waals surface area contributed by atoms with Crippen LogP contribution in [0.5, 0.6) is 0 Å². The largest absolute Gasteiger partial charge is 0.207 e. The maximum atomic E-state index is 12.6. The Morgan fingerprint density at radius 2 is 2.07 bits per heavy atom. The van der Waals surface area contributed by atoms with Gasteiger partial charge in [-0.15, -0.1) is 0 Å². The molecule has 1 atom stereocenters. The van der Waals surface area contributed by atoms with Crippen molar-refractivity contribution in [3.63, 3.8) is 0 Å². The summed E-state index contributed by atoms with van der Waals surface area (Å²) >= 11 is 0. The van der Waals surface area contributed by atoms with Crippen LogP contribution in [0.1, 0.15) is 25.3 Å². The SMILES string of the molecule is CCCC(C=Cc1ccc(F)cc1)N=O. The summed E-state index contributed by atoms with van der Waals surface area (Å²) in [5.74, 6) is -0.259. The summed E-state index contributed by atoms with van der Waals surface area (Å²) in [6.45, 7) is 2.00. The lowest BCUT2D eigenvalue weighted by atomic mass is 10.1. The Morgan fingerprint density at radius 3 is 2.60 bits per heavy atom. The molecule has 0 aliphatic carbocycles. The lowest BCUT2D eigenvalue weighted by Gasteiger charge is -1.99.